The van der Waals surface area contributed by atoms with Crippen LogP contribution in [0.4, 0.5) is 0 Å². The first-order valence-electron chi connectivity index (χ1n) is 6.53. The molecule has 3 nitrogen and oxygen atoms in total. The number of benzene rings is 1. The van der Waals surface area contributed by atoms with Gasteiger partial charge in [0.1, 0.15) is 0 Å². The first-order chi connectivity index (χ1) is 8.54. The lowest BCUT2D eigenvalue weighted by Gasteiger charge is -2.19. The van der Waals surface area contributed by atoms with E-state index in [1.165, 1.54) is 11.1 Å². The summed E-state index contributed by atoms with van der Waals surface area (Å²) in [5.41, 5.74) is 8.13. The predicted octanol–water partition coefficient (Wildman–Crippen LogP) is 1.98. The van der Waals surface area contributed by atoms with Crippen molar-refractivity contribution in [2.24, 2.45) is 11.7 Å². The Morgan fingerprint density at radius 2 is 2.06 bits per heavy atom. The number of carbonyl (C=O) groups is 1. The molecule has 0 heterocycles. The van der Waals surface area contributed by atoms with Crippen LogP contribution in [0.1, 0.15) is 24.5 Å². The molecular formula is C15H24N2O. The molecule has 1 aromatic carbocycles. The third kappa shape index (κ3) is 4.49. The van der Waals surface area contributed by atoms with E-state index in [9.17, 15) is 4.79 Å². The Hall–Kier alpha value is -1.35. The number of nitrogens with zero attached hydrogens (tertiary/aromatic N) is 1. The highest BCUT2D eigenvalue weighted by atomic mass is 16.2. The Morgan fingerprint density at radius 1 is 1.39 bits per heavy atom. The highest BCUT2D eigenvalue weighted by Crippen LogP contribution is 2.09. The quantitative estimate of drug-likeness (QED) is 0.836. The molecule has 1 unspecified atom stereocenters. The van der Waals surface area contributed by atoms with E-state index < -0.39 is 0 Å². The van der Waals surface area contributed by atoms with Gasteiger partial charge < -0.3 is 10.6 Å². The molecule has 3 heteroatoms. The molecule has 0 bridgehead atoms. The molecule has 1 amide bonds. The molecule has 0 fully saturated rings. The van der Waals surface area contributed by atoms with Gasteiger partial charge in [-0.3, -0.25) is 4.79 Å². The van der Waals surface area contributed by atoms with Gasteiger partial charge in [0.25, 0.3) is 0 Å². The van der Waals surface area contributed by atoms with Crippen molar-refractivity contribution >= 4 is 5.91 Å². The summed E-state index contributed by atoms with van der Waals surface area (Å²) in [6.45, 7) is 5.44. The van der Waals surface area contributed by atoms with Gasteiger partial charge in [-0.15, -0.1) is 0 Å². The van der Waals surface area contributed by atoms with E-state index >= 15 is 0 Å². The van der Waals surface area contributed by atoms with E-state index in [-0.39, 0.29) is 11.8 Å². The predicted molar refractivity (Wildman–Crippen MR) is 75.4 cm³/mol. The van der Waals surface area contributed by atoms with E-state index in [4.69, 9.17) is 5.73 Å². The standard InChI is InChI=1S/C15H24N2O/c1-12(11-16)10-15(18)17(3)9-8-14-7-5-4-6-13(14)2/h4-7,12H,8-11,16H2,1-3H3. The van der Waals surface area contributed by atoms with Gasteiger partial charge >= 0.3 is 0 Å². The van der Waals surface area contributed by atoms with Crippen molar-refractivity contribution in [3.05, 3.63) is 35.4 Å². The maximum absolute atomic E-state index is 11.9. The fraction of sp³-hybridized carbons (Fsp3) is 0.533. The number of rotatable bonds is 6. The monoisotopic (exact) mass is 248 g/mol. The third-order valence-corrected chi connectivity index (χ3v) is 3.33. The van der Waals surface area contributed by atoms with Crippen LogP contribution in [0.5, 0.6) is 0 Å². The van der Waals surface area contributed by atoms with Crippen molar-refractivity contribution in [3.8, 4) is 0 Å². The number of hydrogen-bond donors (Lipinski definition) is 1. The molecule has 1 atom stereocenters. The summed E-state index contributed by atoms with van der Waals surface area (Å²) in [7, 11) is 1.86. The largest absolute Gasteiger partial charge is 0.345 e. The van der Waals surface area contributed by atoms with Crippen LogP contribution in [0, 0.1) is 12.8 Å². The van der Waals surface area contributed by atoms with Crippen LogP contribution in [0.25, 0.3) is 0 Å². The summed E-state index contributed by atoms with van der Waals surface area (Å²) in [5.74, 6) is 0.444. The van der Waals surface area contributed by atoms with Gasteiger partial charge in [-0.2, -0.15) is 0 Å². The van der Waals surface area contributed by atoms with Crippen molar-refractivity contribution in [1.82, 2.24) is 4.90 Å². The molecule has 0 aromatic heterocycles. The number of nitrogens with two attached hydrogens (primary N) is 1. The van der Waals surface area contributed by atoms with E-state index in [2.05, 4.69) is 19.1 Å². The van der Waals surface area contributed by atoms with Crippen molar-refractivity contribution in [1.29, 1.82) is 0 Å². The van der Waals surface area contributed by atoms with Gasteiger partial charge in [-0.05, 0) is 36.9 Å². The lowest BCUT2D eigenvalue weighted by atomic mass is 10.1. The average Bonchev–Trinajstić information content (AvgIpc) is 2.37. The molecule has 0 radical (unpaired) electrons. The third-order valence-electron chi connectivity index (χ3n) is 3.33. The van der Waals surface area contributed by atoms with Crippen LogP contribution in [0.3, 0.4) is 0 Å². The number of hydrogen-bond acceptors (Lipinski definition) is 2. The van der Waals surface area contributed by atoms with Crippen molar-refractivity contribution in [3.63, 3.8) is 0 Å². The van der Waals surface area contributed by atoms with Gasteiger partial charge in [-0.1, -0.05) is 31.2 Å². The minimum Gasteiger partial charge on any atom is -0.345 e. The number of carbonyl (C=O) groups excluding carboxylic acids is 1. The van der Waals surface area contributed by atoms with Crippen LogP contribution in [-0.2, 0) is 11.2 Å². The maximum Gasteiger partial charge on any atom is 0.222 e. The molecule has 0 aliphatic carbocycles. The Morgan fingerprint density at radius 3 is 2.67 bits per heavy atom. The number of likely N-dealkylation sites (N-methyl/N-ethyl adjacent to an activating group) is 1. The summed E-state index contributed by atoms with van der Waals surface area (Å²) in [6, 6.07) is 8.31. The Balaban J connectivity index is 2.44. The molecule has 1 rings (SSSR count). The number of aryl methyl sites for hydroxylation is 1. The van der Waals surface area contributed by atoms with Gasteiger partial charge in [-0.25, -0.2) is 0 Å². The summed E-state index contributed by atoms with van der Waals surface area (Å²) in [6.07, 6.45) is 1.45. The topological polar surface area (TPSA) is 46.3 Å². The highest BCUT2D eigenvalue weighted by Gasteiger charge is 2.12. The fourth-order valence-electron chi connectivity index (χ4n) is 1.84. The van der Waals surface area contributed by atoms with E-state index in [0.717, 1.165) is 13.0 Å². The second-order valence-electron chi connectivity index (χ2n) is 5.04. The normalized spacial score (nSPS) is 12.2. The van der Waals surface area contributed by atoms with Gasteiger partial charge in [0.2, 0.25) is 5.91 Å². The molecule has 2 N–H and O–H groups in total. The molecule has 0 aliphatic rings. The van der Waals surface area contributed by atoms with E-state index in [1.807, 2.05) is 26.1 Å². The first-order valence-corrected chi connectivity index (χ1v) is 6.53. The zero-order chi connectivity index (χ0) is 13.5. The van der Waals surface area contributed by atoms with Crippen molar-refractivity contribution in [2.75, 3.05) is 20.1 Å². The SMILES string of the molecule is Cc1ccccc1CCN(C)C(=O)CC(C)CN. The zero-order valence-corrected chi connectivity index (χ0v) is 11.6. The summed E-state index contributed by atoms with van der Waals surface area (Å²) in [4.78, 5) is 13.7. The van der Waals surface area contributed by atoms with Crippen LogP contribution >= 0.6 is 0 Å². The number of amides is 1. The first kappa shape index (κ1) is 14.7. The summed E-state index contributed by atoms with van der Waals surface area (Å²) < 4.78 is 0. The molecule has 100 valence electrons. The smallest absolute Gasteiger partial charge is 0.222 e. The Bertz CT molecular complexity index is 390. The van der Waals surface area contributed by atoms with Crippen LogP contribution in [-0.4, -0.2) is 30.9 Å². The molecule has 0 spiro atoms. The maximum atomic E-state index is 11.9. The van der Waals surface area contributed by atoms with E-state index in [0.29, 0.717) is 13.0 Å². The second kappa shape index (κ2) is 7.17. The summed E-state index contributed by atoms with van der Waals surface area (Å²) in [5, 5.41) is 0. The summed E-state index contributed by atoms with van der Waals surface area (Å²) >= 11 is 0. The molecule has 0 aliphatic heterocycles. The van der Waals surface area contributed by atoms with Crippen molar-refractivity contribution < 1.29 is 4.79 Å². The Labute approximate surface area is 110 Å². The molecule has 1 aromatic rings. The van der Waals surface area contributed by atoms with Gasteiger partial charge in [0.15, 0.2) is 0 Å². The van der Waals surface area contributed by atoms with Gasteiger partial charge in [0.05, 0.1) is 0 Å². The molecule has 0 saturated carbocycles. The van der Waals surface area contributed by atoms with Crippen LogP contribution < -0.4 is 5.73 Å². The van der Waals surface area contributed by atoms with Crippen LogP contribution in [0.2, 0.25) is 0 Å². The lowest BCUT2D eigenvalue weighted by molar-refractivity contribution is -0.130. The molecule has 18 heavy (non-hydrogen) atoms. The second-order valence-corrected chi connectivity index (χ2v) is 5.04. The minimum absolute atomic E-state index is 0.182. The van der Waals surface area contributed by atoms with Crippen LogP contribution in [0.15, 0.2) is 24.3 Å². The van der Waals surface area contributed by atoms with E-state index in [1.54, 1.807) is 4.90 Å². The van der Waals surface area contributed by atoms with Crippen molar-refractivity contribution in [2.45, 2.75) is 26.7 Å². The minimum atomic E-state index is 0.182. The average molecular weight is 248 g/mol. The Kier molecular flexibility index (Phi) is 5.86. The van der Waals surface area contributed by atoms with Gasteiger partial charge in [0, 0.05) is 20.0 Å². The molecule has 0 saturated heterocycles. The fourth-order valence-corrected chi connectivity index (χ4v) is 1.84. The lowest BCUT2D eigenvalue weighted by Crippen LogP contribution is -2.31. The molecular weight excluding hydrogens is 224 g/mol. The zero-order valence-electron chi connectivity index (χ0n) is 11.6. The highest BCUT2D eigenvalue weighted by molar-refractivity contribution is 5.76.